The number of benzene rings is 1. The highest BCUT2D eigenvalue weighted by molar-refractivity contribution is 7.16. The van der Waals surface area contributed by atoms with E-state index in [1.165, 1.54) is 11.3 Å². The highest BCUT2D eigenvalue weighted by atomic mass is 35.5. The summed E-state index contributed by atoms with van der Waals surface area (Å²) in [7, 11) is 0. The molecule has 0 amide bonds. The SMILES string of the molecule is Cc1csc2nc(Cc3ccc(Cl)c(Cl)c3)n(N)c(=O)c12. The molecule has 0 saturated carbocycles. The van der Waals surface area contributed by atoms with Gasteiger partial charge in [-0.15, -0.1) is 11.3 Å². The fraction of sp³-hybridized carbons (Fsp3) is 0.143. The molecule has 0 fully saturated rings. The fourth-order valence-corrected chi connectivity index (χ4v) is 3.39. The molecule has 108 valence electrons. The molecule has 0 aliphatic carbocycles. The zero-order chi connectivity index (χ0) is 15.1. The van der Waals surface area contributed by atoms with Gasteiger partial charge in [-0.3, -0.25) is 4.79 Å². The van der Waals surface area contributed by atoms with E-state index in [9.17, 15) is 4.79 Å². The van der Waals surface area contributed by atoms with Crippen molar-refractivity contribution >= 4 is 44.8 Å². The topological polar surface area (TPSA) is 60.9 Å². The Hall–Kier alpha value is -1.56. The zero-order valence-corrected chi connectivity index (χ0v) is 13.4. The number of nitrogen functional groups attached to an aromatic ring is 1. The van der Waals surface area contributed by atoms with Gasteiger partial charge in [-0.05, 0) is 35.6 Å². The molecule has 0 unspecified atom stereocenters. The van der Waals surface area contributed by atoms with Gasteiger partial charge in [0.15, 0.2) is 0 Å². The van der Waals surface area contributed by atoms with Crippen LogP contribution in [0.3, 0.4) is 0 Å². The normalized spacial score (nSPS) is 11.2. The van der Waals surface area contributed by atoms with Crippen molar-refractivity contribution in [2.75, 3.05) is 5.84 Å². The highest BCUT2D eigenvalue weighted by Crippen LogP contribution is 2.24. The standard InChI is InChI=1S/C14H11Cl2N3OS/c1-7-6-21-13-12(7)14(20)19(17)11(18-13)5-8-2-3-9(15)10(16)4-8/h2-4,6H,5,17H2,1H3. The Balaban J connectivity index is 2.10. The van der Waals surface area contributed by atoms with Gasteiger partial charge in [-0.25, -0.2) is 9.66 Å². The third-order valence-electron chi connectivity index (χ3n) is 3.24. The minimum Gasteiger partial charge on any atom is -0.335 e. The van der Waals surface area contributed by atoms with E-state index >= 15 is 0 Å². The van der Waals surface area contributed by atoms with Gasteiger partial charge in [0.2, 0.25) is 0 Å². The summed E-state index contributed by atoms with van der Waals surface area (Å²) in [6, 6.07) is 5.30. The molecular weight excluding hydrogens is 329 g/mol. The number of aromatic nitrogens is 2. The lowest BCUT2D eigenvalue weighted by Gasteiger charge is -2.08. The van der Waals surface area contributed by atoms with E-state index < -0.39 is 0 Å². The monoisotopic (exact) mass is 339 g/mol. The summed E-state index contributed by atoms with van der Waals surface area (Å²) in [5.74, 6) is 6.37. The highest BCUT2D eigenvalue weighted by Gasteiger charge is 2.13. The maximum Gasteiger partial charge on any atom is 0.280 e. The molecule has 3 rings (SSSR count). The number of nitrogens with two attached hydrogens (primary N) is 1. The lowest BCUT2D eigenvalue weighted by atomic mass is 10.1. The van der Waals surface area contributed by atoms with E-state index in [0.717, 1.165) is 15.8 Å². The molecule has 1 aromatic carbocycles. The Morgan fingerprint density at radius 1 is 1.33 bits per heavy atom. The van der Waals surface area contributed by atoms with Crippen LogP contribution >= 0.6 is 34.5 Å². The van der Waals surface area contributed by atoms with Crippen LogP contribution in [0.15, 0.2) is 28.4 Å². The van der Waals surface area contributed by atoms with E-state index in [0.29, 0.717) is 32.5 Å². The average molecular weight is 340 g/mol. The molecule has 2 aromatic heterocycles. The molecule has 21 heavy (non-hydrogen) atoms. The molecule has 0 radical (unpaired) electrons. The van der Waals surface area contributed by atoms with Crippen molar-refractivity contribution in [1.29, 1.82) is 0 Å². The number of hydrogen-bond acceptors (Lipinski definition) is 4. The summed E-state index contributed by atoms with van der Waals surface area (Å²) in [4.78, 5) is 17.5. The van der Waals surface area contributed by atoms with E-state index in [-0.39, 0.29) is 5.56 Å². The molecule has 7 heteroatoms. The molecule has 0 aliphatic rings. The van der Waals surface area contributed by atoms with Crippen LogP contribution in [0, 0.1) is 6.92 Å². The summed E-state index contributed by atoms with van der Waals surface area (Å²) in [5, 5.41) is 3.44. The number of fused-ring (bicyclic) bond motifs is 1. The molecule has 2 heterocycles. The van der Waals surface area contributed by atoms with Crippen molar-refractivity contribution < 1.29 is 0 Å². The van der Waals surface area contributed by atoms with E-state index in [1.54, 1.807) is 12.1 Å². The van der Waals surface area contributed by atoms with Crippen LogP contribution < -0.4 is 11.4 Å². The van der Waals surface area contributed by atoms with Crippen LogP contribution in [-0.2, 0) is 6.42 Å². The van der Waals surface area contributed by atoms with Gasteiger partial charge in [0.05, 0.1) is 15.4 Å². The minimum atomic E-state index is -0.228. The first-order valence-electron chi connectivity index (χ1n) is 6.16. The molecule has 3 aromatic rings. The van der Waals surface area contributed by atoms with Crippen molar-refractivity contribution in [3.05, 3.63) is 60.9 Å². The van der Waals surface area contributed by atoms with E-state index in [1.807, 2.05) is 18.4 Å². The molecule has 0 atom stereocenters. The molecule has 0 spiro atoms. The van der Waals surface area contributed by atoms with Gasteiger partial charge < -0.3 is 5.84 Å². The molecule has 2 N–H and O–H groups in total. The summed E-state index contributed by atoms with van der Waals surface area (Å²) < 4.78 is 1.10. The van der Waals surface area contributed by atoms with E-state index in [2.05, 4.69) is 4.98 Å². The molecule has 0 bridgehead atoms. The number of aryl methyl sites for hydroxylation is 1. The molecular formula is C14H11Cl2N3OS. The first-order valence-corrected chi connectivity index (χ1v) is 7.79. The summed E-state index contributed by atoms with van der Waals surface area (Å²) >= 11 is 13.3. The fourth-order valence-electron chi connectivity index (χ4n) is 2.14. The zero-order valence-electron chi connectivity index (χ0n) is 11.1. The third kappa shape index (κ3) is 2.52. The van der Waals surface area contributed by atoms with Crippen LogP contribution in [0.1, 0.15) is 17.0 Å². The van der Waals surface area contributed by atoms with Crippen molar-refractivity contribution in [3.63, 3.8) is 0 Å². The summed E-state index contributed by atoms with van der Waals surface area (Å²) in [6.07, 6.45) is 0.412. The summed E-state index contributed by atoms with van der Waals surface area (Å²) in [5.41, 5.74) is 1.56. The Morgan fingerprint density at radius 3 is 2.81 bits per heavy atom. The maximum atomic E-state index is 12.3. The number of thiophene rings is 1. The van der Waals surface area contributed by atoms with Gasteiger partial charge in [0.1, 0.15) is 10.7 Å². The Kier molecular flexibility index (Phi) is 3.65. The number of rotatable bonds is 2. The lowest BCUT2D eigenvalue weighted by molar-refractivity contribution is 0.816. The van der Waals surface area contributed by atoms with Crippen molar-refractivity contribution in [3.8, 4) is 0 Å². The van der Waals surface area contributed by atoms with Crippen molar-refractivity contribution in [1.82, 2.24) is 9.66 Å². The second kappa shape index (κ2) is 5.33. The van der Waals surface area contributed by atoms with Crippen LogP contribution in [-0.4, -0.2) is 9.66 Å². The van der Waals surface area contributed by atoms with Crippen molar-refractivity contribution in [2.45, 2.75) is 13.3 Å². The maximum absolute atomic E-state index is 12.3. The smallest absolute Gasteiger partial charge is 0.280 e. The first kappa shape index (κ1) is 14.4. The number of nitrogens with zero attached hydrogens (tertiary/aromatic N) is 2. The average Bonchev–Trinajstić information content (AvgIpc) is 2.81. The van der Waals surface area contributed by atoms with Gasteiger partial charge in [-0.2, -0.15) is 0 Å². The van der Waals surface area contributed by atoms with Gasteiger partial charge in [0, 0.05) is 6.42 Å². The minimum absolute atomic E-state index is 0.228. The van der Waals surface area contributed by atoms with Crippen molar-refractivity contribution in [2.24, 2.45) is 0 Å². The van der Waals surface area contributed by atoms with E-state index in [4.69, 9.17) is 29.0 Å². The predicted molar refractivity (Wildman–Crippen MR) is 88.0 cm³/mol. The Morgan fingerprint density at radius 2 is 2.10 bits per heavy atom. The van der Waals surface area contributed by atoms with Gasteiger partial charge >= 0.3 is 0 Å². The van der Waals surface area contributed by atoms with Gasteiger partial charge in [0.25, 0.3) is 5.56 Å². The predicted octanol–water partition coefficient (Wildman–Crippen LogP) is 3.38. The third-order valence-corrected chi connectivity index (χ3v) is 4.97. The lowest BCUT2D eigenvalue weighted by Crippen LogP contribution is -2.31. The van der Waals surface area contributed by atoms with Crippen LogP contribution in [0.2, 0.25) is 10.0 Å². The number of halogens is 2. The second-order valence-electron chi connectivity index (χ2n) is 4.73. The molecule has 4 nitrogen and oxygen atoms in total. The summed E-state index contributed by atoms with van der Waals surface area (Å²) in [6.45, 7) is 1.88. The number of hydrogen-bond donors (Lipinski definition) is 1. The first-order chi connectivity index (χ1) is 9.97. The van der Waals surface area contributed by atoms with Crippen LogP contribution in [0.25, 0.3) is 10.2 Å². The molecule has 0 saturated heterocycles. The van der Waals surface area contributed by atoms with Crippen LogP contribution in [0.5, 0.6) is 0 Å². The second-order valence-corrected chi connectivity index (χ2v) is 6.40. The van der Waals surface area contributed by atoms with Crippen LogP contribution in [0.4, 0.5) is 0 Å². The Labute approximate surface area is 134 Å². The largest absolute Gasteiger partial charge is 0.335 e. The Bertz CT molecular complexity index is 901. The molecule has 0 aliphatic heterocycles. The van der Waals surface area contributed by atoms with Gasteiger partial charge in [-0.1, -0.05) is 29.3 Å². The quantitative estimate of drug-likeness (QED) is 0.728.